The zero-order chi connectivity index (χ0) is 27.3. The van der Waals surface area contributed by atoms with Gasteiger partial charge in [0.25, 0.3) is 0 Å². The van der Waals surface area contributed by atoms with Crippen molar-refractivity contribution in [3.63, 3.8) is 0 Å². The molecule has 4 aliphatic rings. The molecule has 38 heavy (non-hydrogen) atoms. The molecule has 1 N–H and O–H groups in total. The van der Waals surface area contributed by atoms with Crippen molar-refractivity contribution >= 4 is 6.21 Å². The van der Waals surface area contributed by atoms with E-state index in [1.165, 1.54) is 17.0 Å². The van der Waals surface area contributed by atoms with E-state index in [-0.39, 0.29) is 30.6 Å². The maximum atomic E-state index is 13.8. The molecule has 4 atom stereocenters. The van der Waals surface area contributed by atoms with Gasteiger partial charge in [-0.1, -0.05) is 6.08 Å². The number of aliphatic imine (C=N–C) groups is 1. The van der Waals surface area contributed by atoms with E-state index in [1.807, 2.05) is 6.08 Å². The lowest BCUT2D eigenvalue weighted by Gasteiger charge is -2.49. The number of likely N-dealkylation sites (tertiary alicyclic amines) is 1. The largest absolute Gasteiger partial charge is 0.586 e. The summed E-state index contributed by atoms with van der Waals surface area (Å²) in [7, 11) is 0. The number of nitrogens with zero attached hydrogens (tertiary/aromatic N) is 3. The van der Waals surface area contributed by atoms with Crippen LogP contribution in [0.3, 0.4) is 0 Å². The van der Waals surface area contributed by atoms with Crippen LogP contribution in [-0.4, -0.2) is 79.0 Å². The zero-order valence-corrected chi connectivity index (χ0v) is 21.3. The first-order chi connectivity index (χ1) is 17.9. The Hall–Kier alpha value is -2.47. The molecule has 210 valence electrons. The van der Waals surface area contributed by atoms with E-state index in [9.17, 15) is 26.3 Å². The van der Waals surface area contributed by atoms with Crippen LogP contribution in [0.25, 0.3) is 0 Å². The van der Waals surface area contributed by atoms with Crippen molar-refractivity contribution in [3.05, 3.63) is 35.0 Å². The van der Waals surface area contributed by atoms with Gasteiger partial charge in [-0.3, -0.25) is 14.3 Å². The van der Waals surface area contributed by atoms with E-state index >= 15 is 0 Å². The number of alkyl halides is 6. The molecule has 0 radical (unpaired) electrons. The normalized spacial score (nSPS) is 30.8. The molecule has 1 unspecified atom stereocenters. The first-order valence-electron chi connectivity index (χ1n) is 12.9. The second kappa shape index (κ2) is 9.93. The minimum atomic E-state index is -4.46. The lowest BCUT2D eigenvalue weighted by atomic mass is 9.76. The predicted octanol–water partition coefficient (Wildman–Crippen LogP) is 5.00. The minimum absolute atomic E-state index is 0.121. The van der Waals surface area contributed by atoms with Crippen LogP contribution in [0.15, 0.2) is 28.9 Å². The number of nitrogens with one attached hydrogen (secondary N) is 1. The Morgan fingerprint density at radius 1 is 1.18 bits per heavy atom. The molecule has 6 nitrogen and oxygen atoms in total. The third-order valence-electron chi connectivity index (χ3n) is 7.81. The van der Waals surface area contributed by atoms with Crippen LogP contribution in [0.4, 0.5) is 26.3 Å². The van der Waals surface area contributed by atoms with Crippen LogP contribution in [0.5, 0.6) is 11.5 Å². The summed E-state index contributed by atoms with van der Waals surface area (Å²) in [6.45, 7) is 4.36. The van der Waals surface area contributed by atoms with Gasteiger partial charge in [0.1, 0.15) is 0 Å². The molecule has 1 saturated heterocycles. The fourth-order valence-corrected chi connectivity index (χ4v) is 6.09. The summed E-state index contributed by atoms with van der Waals surface area (Å²) in [4.78, 5) is 8.33. The summed E-state index contributed by atoms with van der Waals surface area (Å²) in [5, 5.41) is 3.45. The Morgan fingerprint density at radius 2 is 1.92 bits per heavy atom. The number of allylic oxidation sites excluding steroid dienone is 1. The monoisotopic (exact) mass is 546 g/mol. The third-order valence-corrected chi connectivity index (χ3v) is 7.81. The fraction of sp³-hybridized carbons (Fsp3) is 0.654. The highest BCUT2D eigenvalue weighted by atomic mass is 19.4. The average Bonchev–Trinajstić information content (AvgIpc) is 3.39. The quantitative estimate of drug-likeness (QED) is 0.488. The summed E-state index contributed by atoms with van der Waals surface area (Å²) in [6, 6.07) is 1.67. The van der Waals surface area contributed by atoms with Crippen LogP contribution in [0, 0.1) is 0 Å². The van der Waals surface area contributed by atoms with Gasteiger partial charge in [-0.2, -0.15) is 13.2 Å². The molecule has 0 aromatic heterocycles. The van der Waals surface area contributed by atoms with E-state index in [1.54, 1.807) is 20.1 Å². The highest BCUT2D eigenvalue weighted by molar-refractivity contribution is 5.79. The number of dihydropyridines is 1. The van der Waals surface area contributed by atoms with Crippen molar-refractivity contribution in [3.8, 4) is 11.5 Å². The summed E-state index contributed by atoms with van der Waals surface area (Å²) < 4.78 is 90.4. The van der Waals surface area contributed by atoms with Gasteiger partial charge in [-0.15, -0.1) is 8.78 Å². The standard InChI is InChI=1S/C26H32F6N4O2/c1-16-10-17-11-21-22(38-26(31,32)37-21)12-20(17)23(36(16)15-25(28,29)30)24(2)6-4-18(13-33-24)34-19-5-9-35(14-19)8-3-7-27/h4,11-13,16,19,23,34H,3,5-10,14-15H2,1-2H3/t16-,19+,23+,24?/m1/s1. The van der Waals surface area contributed by atoms with Gasteiger partial charge in [0, 0.05) is 43.6 Å². The van der Waals surface area contributed by atoms with Crippen LogP contribution in [0.2, 0.25) is 0 Å². The van der Waals surface area contributed by atoms with Crippen molar-refractivity contribution in [2.75, 3.05) is 32.9 Å². The molecule has 12 heteroatoms. The topological polar surface area (TPSA) is 49.3 Å². The van der Waals surface area contributed by atoms with Gasteiger partial charge in [0.2, 0.25) is 0 Å². The van der Waals surface area contributed by atoms with Gasteiger partial charge >= 0.3 is 12.5 Å². The molecule has 0 saturated carbocycles. The Balaban J connectivity index is 1.40. The highest BCUT2D eigenvalue weighted by Gasteiger charge is 2.50. The number of rotatable bonds is 7. The second-order valence-corrected chi connectivity index (χ2v) is 10.9. The summed E-state index contributed by atoms with van der Waals surface area (Å²) in [5.41, 5.74) is 0.927. The molecule has 5 rings (SSSR count). The number of hydrogen-bond donors (Lipinski definition) is 1. The molecule has 1 fully saturated rings. The van der Waals surface area contributed by atoms with E-state index in [4.69, 9.17) is 4.99 Å². The highest BCUT2D eigenvalue weighted by Crippen LogP contribution is 2.50. The molecule has 1 aromatic rings. The second-order valence-electron chi connectivity index (χ2n) is 10.9. The number of fused-ring (bicyclic) bond motifs is 2. The lowest BCUT2D eigenvalue weighted by molar-refractivity contribution is -0.286. The van der Waals surface area contributed by atoms with Gasteiger partial charge < -0.3 is 19.7 Å². The van der Waals surface area contributed by atoms with Crippen molar-refractivity contribution in [2.24, 2.45) is 4.99 Å². The molecule has 4 aliphatic heterocycles. The van der Waals surface area contributed by atoms with Crippen LogP contribution in [0.1, 0.15) is 50.3 Å². The molecule has 0 aliphatic carbocycles. The van der Waals surface area contributed by atoms with Gasteiger partial charge in [0.15, 0.2) is 11.5 Å². The number of benzene rings is 1. The summed E-state index contributed by atoms with van der Waals surface area (Å²) in [5.74, 6) is -0.315. The van der Waals surface area contributed by atoms with Gasteiger partial charge in [0.05, 0.1) is 24.8 Å². The van der Waals surface area contributed by atoms with Crippen molar-refractivity contribution in [2.45, 2.75) is 75.7 Å². The number of hydrogen-bond acceptors (Lipinski definition) is 6. The van der Waals surface area contributed by atoms with Crippen LogP contribution in [-0.2, 0) is 6.42 Å². The molecular formula is C26H32F6N4O2. The van der Waals surface area contributed by atoms with Crippen molar-refractivity contribution in [1.82, 2.24) is 15.1 Å². The number of halogens is 6. The van der Waals surface area contributed by atoms with Crippen molar-refractivity contribution < 1.29 is 35.8 Å². The maximum absolute atomic E-state index is 13.8. The Morgan fingerprint density at radius 3 is 2.58 bits per heavy atom. The smallest absolute Gasteiger partial charge is 0.395 e. The van der Waals surface area contributed by atoms with Gasteiger partial charge in [-0.25, -0.2) is 0 Å². The molecule has 1 aromatic carbocycles. The molecule has 4 heterocycles. The molecule has 0 spiro atoms. The summed E-state index contributed by atoms with van der Waals surface area (Å²) in [6.07, 6.45) is -2.70. The Bertz CT molecular complexity index is 1110. The van der Waals surface area contributed by atoms with Crippen molar-refractivity contribution in [1.29, 1.82) is 0 Å². The first kappa shape index (κ1) is 27.1. The van der Waals surface area contributed by atoms with E-state index in [0.717, 1.165) is 25.2 Å². The maximum Gasteiger partial charge on any atom is 0.586 e. The Kier molecular flexibility index (Phi) is 7.08. The molecule has 0 amide bonds. The SMILES string of the molecule is C[C@@H]1Cc2cc3c(cc2[C@@H](C2(C)CC=C(N[C@H]4CCN(CCCF)C4)C=N2)N1CC(F)(F)F)OC(F)(F)O3. The van der Waals surface area contributed by atoms with Gasteiger partial charge in [-0.05, 0) is 62.8 Å². The average molecular weight is 547 g/mol. The fourth-order valence-electron chi connectivity index (χ4n) is 6.09. The zero-order valence-electron chi connectivity index (χ0n) is 21.3. The minimum Gasteiger partial charge on any atom is -0.395 e. The molecular weight excluding hydrogens is 514 g/mol. The summed E-state index contributed by atoms with van der Waals surface area (Å²) >= 11 is 0. The van der Waals surface area contributed by atoms with E-state index < -0.39 is 36.6 Å². The van der Waals surface area contributed by atoms with E-state index in [0.29, 0.717) is 30.5 Å². The predicted molar refractivity (Wildman–Crippen MR) is 129 cm³/mol. The Labute approximate surface area is 217 Å². The number of ether oxygens (including phenoxy) is 2. The van der Waals surface area contributed by atoms with E-state index in [2.05, 4.69) is 19.7 Å². The first-order valence-corrected chi connectivity index (χ1v) is 12.9. The van der Waals surface area contributed by atoms with Crippen LogP contribution >= 0.6 is 0 Å². The van der Waals surface area contributed by atoms with Crippen LogP contribution < -0.4 is 14.8 Å². The third kappa shape index (κ3) is 5.61. The lowest BCUT2D eigenvalue weighted by Crippen LogP contribution is -2.54. The molecule has 0 bridgehead atoms.